The Balaban J connectivity index is 2.45. The standard InChI is InChI=1S/C15H16IN3O5/c1-19-7-9(16)13(18-19)14(20)17-10-6-12(23-3)11(22-2)5-8(10)15(21)24-4/h5-7H,1-4H3,(H,17,20). The minimum Gasteiger partial charge on any atom is -0.493 e. The van der Waals surface area contributed by atoms with Gasteiger partial charge in [-0.15, -0.1) is 0 Å². The van der Waals surface area contributed by atoms with Gasteiger partial charge >= 0.3 is 5.97 Å². The predicted octanol–water partition coefficient (Wildman–Crippen LogP) is 2.08. The first-order chi connectivity index (χ1) is 11.4. The number of nitrogens with one attached hydrogen (secondary N) is 1. The molecule has 8 nitrogen and oxygen atoms in total. The summed E-state index contributed by atoms with van der Waals surface area (Å²) in [7, 11) is 5.89. The van der Waals surface area contributed by atoms with Crippen molar-refractivity contribution in [1.82, 2.24) is 9.78 Å². The molecule has 0 radical (unpaired) electrons. The van der Waals surface area contributed by atoms with Crippen LogP contribution in [0.2, 0.25) is 0 Å². The number of rotatable bonds is 5. The molecule has 9 heteroatoms. The number of nitrogens with zero attached hydrogens (tertiary/aromatic N) is 2. The van der Waals surface area contributed by atoms with Crippen LogP contribution in [0.1, 0.15) is 20.8 Å². The van der Waals surface area contributed by atoms with Crippen molar-refractivity contribution in [2.24, 2.45) is 7.05 Å². The lowest BCUT2D eigenvalue weighted by atomic mass is 10.1. The van der Waals surface area contributed by atoms with Crippen LogP contribution >= 0.6 is 22.6 Å². The van der Waals surface area contributed by atoms with Gasteiger partial charge in [-0.1, -0.05) is 0 Å². The molecule has 0 aliphatic rings. The number of hydrogen-bond acceptors (Lipinski definition) is 6. The summed E-state index contributed by atoms with van der Waals surface area (Å²) in [6.45, 7) is 0. The highest BCUT2D eigenvalue weighted by Gasteiger charge is 2.21. The van der Waals surface area contributed by atoms with Crippen LogP contribution in [0.3, 0.4) is 0 Å². The van der Waals surface area contributed by atoms with Crippen LogP contribution in [0.25, 0.3) is 0 Å². The topological polar surface area (TPSA) is 91.7 Å². The monoisotopic (exact) mass is 445 g/mol. The molecule has 0 atom stereocenters. The van der Waals surface area contributed by atoms with E-state index in [4.69, 9.17) is 14.2 Å². The number of halogens is 1. The second kappa shape index (κ2) is 7.51. The molecule has 0 bridgehead atoms. The number of aromatic nitrogens is 2. The number of carbonyl (C=O) groups excluding carboxylic acids is 2. The molecule has 1 heterocycles. The number of methoxy groups -OCH3 is 3. The van der Waals surface area contributed by atoms with Crippen LogP contribution < -0.4 is 14.8 Å². The van der Waals surface area contributed by atoms with E-state index in [2.05, 4.69) is 10.4 Å². The van der Waals surface area contributed by atoms with Crippen molar-refractivity contribution in [3.05, 3.63) is 33.2 Å². The second-order valence-corrected chi connectivity index (χ2v) is 5.86. The summed E-state index contributed by atoms with van der Waals surface area (Å²) in [5.74, 6) is -0.334. The highest BCUT2D eigenvalue weighted by molar-refractivity contribution is 14.1. The third-order valence-corrected chi connectivity index (χ3v) is 3.97. The van der Waals surface area contributed by atoms with Crippen molar-refractivity contribution >= 4 is 40.2 Å². The van der Waals surface area contributed by atoms with Crippen molar-refractivity contribution < 1.29 is 23.8 Å². The largest absolute Gasteiger partial charge is 0.493 e. The first-order valence-corrected chi connectivity index (χ1v) is 7.84. The fourth-order valence-corrected chi connectivity index (χ4v) is 2.81. The molecule has 1 aromatic carbocycles. The van der Waals surface area contributed by atoms with Gasteiger partial charge in [0, 0.05) is 25.4 Å². The molecule has 0 aliphatic heterocycles. The zero-order valence-corrected chi connectivity index (χ0v) is 15.7. The van der Waals surface area contributed by atoms with E-state index in [-0.39, 0.29) is 16.9 Å². The van der Waals surface area contributed by atoms with E-state index in [0.717, 1.165) is 0 Å². The summed E-state index contributed by atoms with van der Waals surface area (Å²) in [6, 6.07) is 2.95. The predicted molar refractivity (Wildman–Crippen MR) is 94.8 cm³/mol. The summed E-state index contributed by atoms with van der Waals surface area (Å²) in [6.07, 6.45) is 1.71. The number of ether oxygens (including phenoxy) is 3. The highest BCUT2D eigenvalue weighted by atomic mass is 127. The van der Waals surface area contributed by atoms with E-state index in [1.54, 1.807) is 13.2 Å². The number of anilines is 1. The molecule has 2 rings (SSSR count). The molecule has 1 aromatic heterocycles. The van der Waals surface area contributed by atoms with Crippen LogP contribution in [0, 0.1) is 3.57 Å². The third-order valence-electron chi connectivity index (χ3n) is 3.18. The Morgan fingerprint density at radius 1 is 1.17 bits per heavy atom. The molecule has 0 unspecified atom stereocenters. The molecule has 0 saturated heterocycles. The number of esters is 1. The average molecular weight is 445 g/mol. The van der Waals surface area contributed by atoms with Gasteiger partial charge in [0.25, 0.3) is 5.91 Å². The summed E-state index contributed by atoms with van der Waals surface area (Å²) in [5.41, 5.74) is 0.643. The molecule has 128 valence electrons. The van der Waals surface area contributed by atoms with Crippen LogP contribution in [0.15, 0.2) is 18.3 Å². The molecule has 2 aromatic rings. The van der Waals surface area contributed by atoms with Crippen LogP contribution in [0.4, 0.5) is 5.69 Å². The molecular formula is C15H16IN3O5. The first-order valence-electron chi connectivity index (χ1n) is 6.76. The summed E-state index contributed by atoms with van der Waals surface area (Å²) in [5, 5.41) is 6.77. The molecular weight excluding hydrogens is 429 g/mol. The maximum atomic E-state index is 12.4. The maximum absolute atomic E-state index is 12.4. The van der Waals surface area contributed by atoms with Crippen molar-refractivity contribution in [3.63, 3.8) is 0 Å². The smallest absolute Gasteiger partial charge is 0.340 e. The van der Waals surface area contributed by atoms with Crippen molar-refractivity contribution in [2.45, 2.75) is 0 Å². The Morgan fingerprint density at radius 2 is 1.79 bits per heavy atom. The van der Waals surface area contributed by atoms with E-state index < -0.39 is 11.9 Å². The van der Waals surface area contributed by atoms with Gasteiger partial charge in [-0.05, 0) is 22.6 Å². The van der Waals surface area contributed by atoms with Gasteiger partial charge in [-0.2, -0.15) is 5.10 Å². The minimum atomic E-state index is -0.609. The van der Waals surface area contributed by atoms with Crippen molar-refractivity contribution in [2.75, 3.05) is 26.6 Å². The van der Waals surface area contributed by atoms with E-state index in [9.17, 15) is 9.59 Å². The van der Waals surface area contributed by atoms with E-state index >= 15 is 0 Å². The zero-order chi connectivity index (χ0) is 17.9. The number of hydrogen-bond donors (Lipinski definition) is 1. The van der Waals surface area contributed by atoms with Crippen LogP contribution in [0.5, 0.6) is 11.5 Å². The Bertz CT molecular complexity index is 788. The van der Waals surface area contributed by atoms with Gasteiger partial charge in [0.05, 0.1) is 36.2 Å². The normalized spacial score (nSPS) is 10.2. The van der Waals surface area contributed by atoms with Gasteiger partial charge in [0.2, 0.25) is 0 Å². The van der Waals surface area contributed by atoms with Gasteiger partial charge < -0.3 is 19.5 Å². The fourth-order valence-electron chi connectivity index (χ4n) is 2.06. The lowest BCUT2D eigenvalue weighted by Gasteiger charge is -2.14. The molecule has 0 saturated carbocycles. The van der Waals surface area contributed by atoms with Crippen molar-refractivity contribution in [1.29, 1.82) is 0 Å². The quantitative estimate of drug-likeness (QED) is 0.560. The lowest BCUT2D eigenvalue weighted by Crippen LogP contribution is -2.17. The Labute approximate surface area is 152 Å². The number of benzene rings is 1. The zero-order valence-electron chi connectivity index (χ0n) is 13.5. The van der Waals surface area contributed by atoms with Crippen LogP contribution in [-0.4, -0.2) is 43.0 Å². The molecule has 24 heavy (non-hydrogen) atoms. The second-order valence-electron chi connectivity index (χ2n) is 4.70. The summed E-state index contributed by atoms with van der Waals surface area (Å²) < 4.78 is 17.4. The minimum absolute atomic E-state index is 0.148. The third kappa shape index (κ3) is 3.61. The van der Waals surface area contributed by atoms with Crippen molar-refractivity contribution in [3.8, 4) is 11.5 Å². The molecule has 1 N–H and O–H groups in total. The van der Waals surface area contributed by atoms with Gasteiger partial charge in [0.1, 0.15) is 0 Å². The van der Waals surface area contributed by atoms with Crippen LogP contribution in [-0.2, 0) is 11.8 Å². The average Bonchev–Trinajstić information content (AvgIpc) is 2.92. The highest BCUT2D eigenvalue weighted by Crippen LogP contribution is 2.34. The van der Waals surface area contributed by atoms with Gasteiger partial charge in [-0.3, -0.25) is 9.48 Å². The molecule has 0 spiro atoms. The number of carbonyl (C=O) groups is 2. The SMILES string of the molecule is COC(=O)c1cc(OC)c(OC)cc1NC(=O)c1nn(C)cc1I. The van der Waals surface area contributed by atoms with Gasteiger partial charge in [-0.25, -0.2) is 4.79 Å². The Morgan fingerprint density at radius 3 is 2.29 bits per heavy atom. The first kappa shape index (κ1) is 18.0. The maximum Gasteiger partial charge on any atom is 0.340 e. The number of aryl methyl sites for hydroxylation is 1. The molecule has 0 aliphatic carbocycles. The van der Waals surface area contributed by atoms with E-state index in [0.29, 0.717) is 15.1 Å². The summed E-state index contributed by atoms with van der Waals surface area (Å²) >= 11 is 2.01. The lowest BCUT2D eigenvalue weighted by molar-refractivity contribution is 0.0601. The van der Waals surface area contributed by atoms with E-state index in [1.165, 1.54) is 38.1 Å². The molecule has 0 fully saturated rings. The molecule has 1 amide bonds. The number of amides is 1. The Hall–Kier alpha value is -2.30. The van der Waals surface area contributed by atoms with Gasteiger partial charge in [0.15, 0.2) is 17.2 Å². The summed E-state index contributed by atoms with van der Waals surface area (Å²) in [4.78, 5) is 24.4. The Kier molecular flexibility index (Phi) is 5.65. The van der Waals surface area contributed by atoms with E-state index in [1.807, 2.05) is 22.6 Å². The fraction of sp³-hybridized carbons (Fsp3) is 0.267.